The van der Waals surface area contributed by atoms with Crippen LogP contribution >= 0.6 is 24.0 Å². The van der Waals surface area contributed by atoms with Gasteiger partial charge in [0.1, 0.15) is 0 Å². The first kappa shape index (κ1) is 20.9. The summed E-state index contributed by atoms with van der Waals surface area (Å²) in [7, 11) is 0. The van der Waals surface area contributed by atoms with Gasteiger partial charge in [0.05, 0.1) is 18.3 Å². The van der Waals surface area contributed by atoms with Crippen molar-refractivity contribution in [2.75, 3.05) is 5.32 Å². The van der Waals surface area contributed by atoms with E-state index in [-0.39, 0.29) is 29.9 Å². The number of aromatic nitrogens is 1. The monoisotopic (exact) mass is 421 g/mol. The number of anilines is 1. The SMILES string of the molecule is Cl.O=C(Nc1ccc(=O)n(Cc2ccccc2Cl)c1)C1CC2CCCCC2N1. The largest absolute Gasteiger partial charge is 0.323 e. The highest BCUT2D eigenvalue weighted by Crippen LogP contribution is 2.33. The molecule has 1 saturated carbocycles. The molecule has 150 valence electrons. The lowest BCUT2D eigenvalue weighted by atomic mass is 9.85. The number of halogens is 2. The van der Waals surface area contributed by atoms with E-state index >= 15 is 0 Å². The van der Waals surface area contributed by atoms with Crippen molar-refractivity contribution in [2.45, 2.75) is 50.7 Å². The number of hydrogen-bond acceptors (Lipinski definition) is 3. The van der Waals surface area contributed by atoms with E-state index in [0.29, 0.717) is 29.2 Å². The van der Waals surface area contributed by atoms with Crippen LogP contribution in [-0.4, -0.2) is 22.6 Å². The molecule has 2 heterocycles. The van der Waals surface area contributed by atoms with Crippen LogP contribution in [0.2, 0.25) is 5.02 Å². The van der Waals surface area contributed by atoms with Gasteiger partial charge in [-0.3, -0.25) is 9.59 Å². The Morgan fingerprint density at radius 3 is 2.75 bits per heavy atom. The molecule has 3 atom stereocenters. The molecule has 5 nitrogen and oxygen atoms in total. The summed E-state index contributed by atoms with van der Waals surface area (Å²) in [6.45, 7) is 0.369. The minimum absolute atomic E-state index is 0. The highest BCUT2D eigenvalue weighted by Gasteiger charge is 2.38. The van der Waals surface area contributed by atoms with Gasteiger partial charge < -0.3 is 15.2 Å². The van der Waals surface area contributed by atoms with E-state index in [1.165, 1.54) is 25.3 Å². The zero-order valence-corrected chi connectivity index (χ0v) is 17.1. The van der Waals surface area contributed by atoms with E-state index in [2.05, 4.69) is 10.6 Å². The number of pyridine rings is 1. The molecule has 7 heteroatoms. The molecule has 28 heavy (non-hydrogen) atoms. The summed E-state index contributed by atoms with van der Waals surface area (Å²) in [5.41, 5.74) is 1.37. The van der Waals surface area contributed by atoms with Crippen LogP contribution in [0, 0.1) is 5.92 Å². The molecule has 2 aromatic rings. The van der Waals surface area contributed by atoms with Gasteiger partial charge in [0.2, 0.25) is 5.91 Å². The fraction of sp³-hybridized carbons (Fsp3) is 0.429. The maximum absolute atomic E-state index is 12.7. The number of nitrogens with one attached hydrogen (secondary N) is 2. The predicted octanol–water partition coefficient (Wildman–Crippen LogP) is 3.83. The lowest BCUT2D eigenvalue weighted by Crippen LogP contribution is -2.40. The Hall–Kier alpha value is -1.82. The number of hydrogen-bond donors (Lipinski definition) is 2. The van der Waals surface area contributed by atoms with E-state index in [1.54, 1.807) is 22.9 Å². The van der Waals surface area contributed by atoms with E-state index in [0.717, 1.165) is 18.4 Å². The molecule has 2 fully saturated rings. The third-order valence-corrected chi connectivity index (χ3v) is 6.10. The molecule has 0 spiro atoms. The Bertz CT molecular complexity index is 885. The van der Waals surface area contributed by atoms with Crippen LogP contribution in [0.4, 0.5) is 5.69 Å². The summed E-state index contributed by atoms with van der Waals surface area (Å²) in [5.74, 6) is 0.594. The van der Waals surface area contributed by atoms with Crippen molar-refractivity contribution in [3.05, 3.63) is 63.5 Å². The van der Waals surface area contributed by atoms with Crippen LogP contribution < -0.4 is 16.2 Å². The Morgan fingerprint density at radius 1 is 1.18 bits per heavy atom. The average molecular weight is 422 g/mol. The van der Waals surface area contributed by atoms with Crippen LogP contribution in [0.25, 0.3) is 0 Å². The first-order valence-corrected chi connectivity index (χ1v) is 9.99. The maximum Gasteiger partial charge on any atom is 0.250 e. The van der Waals surface area contributed by atoms with Crippen molar-refractivity contribution in [3.63, 3.8) is 0 Å². The second kappa shape index (κ2) is 9.12. The van der Waals surface area contributed by atoms with Crippen LogP contribution in [0.5, 0.6) is 0 Å². The number of carbonyl (C=O) groups is 1. The van der Waals surface area contributed by atoms with E-state index in [9.17, 15) is 9.59 Å². The number of benzene rings is 1. The molecule has 1 saturated heterocycles. The van der Waals surface area contributed by atoms with E-state index < -0.39 is 0 Å². The Kier molecular flexibility index (Phi) is 6.81. The molecular formula is C21H25Cl2N3O2. The van der Waals surface area contributed by atoms with Gasteiger partial charge in [0.15, 0.2) is 0 Å². The number of carbonyl (C=O) groups excluding carboxylic acids is 1. The van der Waals surface area contributed by atoms with Crippen molar-refractivity contribution in [3.8, 4) is 0 Å². The first-order valence-electron chi connectivity index (χ1n) is 9.61. The van der Waals surface area contributed by atoms with Crippen LogP contribution in [-0.2, 0) is 11.3 Å². The number of amides is 1. The number of fused-ring (bicyclic) bond motifs is 1. The van der Waals surface area contributed by atoms with Gasteiger partial charge in [-0.15, -0.1) is 12.4 Å². The van der Waals surface area contributed by atoms with Crippen molar-refractivity contribution >= 4 is 35.6 Å². The molecule has 4 rings (SSSR count). The molecule has 2 aliphatic rings. The Balaban J connectivity index is 0.00000225. The van der Waals surface area contributed by atoms with Gasteiger partial charge in [0.25, 0.3) is 5.56 Å². The lowest BCUT2D eigenvalue weighted by molar-refractivity contribution is -0.117. The van der Waals surface area contributed by atoms with Crippen molar-refractivity contribution in [1.82, 2.24) is 9.88 Å². The zero-order valence-electron chi connectivity index (χ0n) is 15.6. The van der Waals surface area contributed by atoms with Crippen LogP contribution in [0.1, 0.15) is 37.7 Å². The maximum atomic E-state index is 12.7. The second-order valence-corrected chi connectivity index (χ2v) is 7.98. The van der Waals surface area contributed by atoms with Gasteiger partial charge in [-0.1, -0.05) is 42.6 Å². The molecule has 0 bridgehead atoms. The minimum Gasteiger partial charge on any atom is -0.323 e. The number of nitrogens with zero attached hydrogens (tertiary/aromatic N) is 1. The van der Waals surface area contributed by atoms with Crippen LogP contribution in [0.3, 0.4) is 0 Å². The minimum atomic E-state index is -0.151. The average Bonchev–Trinajstić information content (AvgIpc) is 3.10. The van der Waals surface area contributed by atoms with Gasteiger partial charge in [-0.2, -0.15) is 0 Å². The van der Waals surface area contributed by atoms with Crippen molar-refractivity contribution in [2.24, 2.45) is 5.92 Å². The zero-order chi connectivity index (χ0) is 18.8. The molecule has 1 aliphatic heterocycles. The molecule has 2 N–H and O–H groups in total. The van der Waals surface area contributed by atoms with Gasteiger partial charge in [-0.05, 0) is 42.9 Å². The van der Waals surface area contributed by atoms with Crippen molar-refractivity contribution in [1.29, 1.82) is 0 Å². The fourth-order valence-electron chi connectivity index (χ4n) is 4.29. The van der Waals surface area contributed by atoms with E-state index in [4.69, 9.17) is 11.6 Å². The molecule has 1 amide bonds. The highest BCUT2D eigenvalue weighted by molar-refractivity contribution is 6.31. The summed E-state index contributed by atoms with van der Waals surface area (Å²) in [5, 5.41) is 7.08. The Labute approximate surface area is 175 Å². The fourth-order valence-corrected chi connectivity index (χ4v) is 4.48. The summed E-state index contributed by atoms with van der Waals surface area (Å²) >= 11 is 6.20. The van der Waals surface area contributed by atoms with Gasteiger partial charge >= 0.3 is 0 Å². The second-order valence-electron chi connectivity index (χ2n) is 7.57. The molecule has 1 aliphatic carbocycles. The smallest absolute Gasteiger partial charge is 0.250 e. The summed E-state index contributed by atoms with van der Waals surface area (Å²) in [4.78, 5) is 24.9. The highest BCUT2D eigenvalue weighted by atomic mass is 35.5. The molecular weight excluding hydrogens is 397 g/mol. The standard InChI is InChI=1S/C21H24ClN3O2.ClH/c22-17-7-3-1-6-15(17)12-25-13-16(9-10-20(25)26)23-21(27)19-11-14-5-2-4-8-18(14)24-19;/h1,3,6-7,9-10,13-14,18-19,24H,2,4-5,8,11-12H2,(H,23,27);1H. The number of rotatable bonds is 4. The van der Waals surface area contributed by atoms with Crippen LogP contribution in [0.15, 0.2) is 47.4 Å². The normalized spacial score (nSPS) is 23.5. The van der Waals surface area contributed by atoms with E-state index in [1.807, 2.05) is 18.2 Å². The Morgan fingerprint density at radius 2 is 1.96 bits per heavy atom. The summed E-state index contributed by atoms with van der Waals surface area (Å²) < 4.78 is 1.57. The van der Waals surface area contributed by atoms with Gasteiger partial charge in [-0.25, -0.2) is 0 Å². The molecule has 1 aromatic heterocycles. The predicted molar refractivity (Wildman–Crippen MR) is 114 cm³/mol. The summed E-state index contributed by atoms with van der Waals surface area (Å²) in [6.07, 6.45) is 7.47. The topological polar surface area (TPSA) is 63.1 Å². The summed E-state index contributed by atoms with van der Waals surface area (Å²) in [6, 6.07) is 10.9. The third kappa shape index (κ3) is 4.59. The lowest BCUT2D eigenvalue weighted by Gasteiger charge is -2.24. The molecule has 0 radical (unpaired) electrons. The first-order chi connectivity index (χ1) is 13.1. The van der Waals surface area contributed by atoms with Crippen molar-refractivity contribution < 1.29 is 4.79 Å². The van der Waals surface area contributed by atoms with Gasteiger partial charge in [0, 0.05) is 23.3 Å². The quantitative estimate of drug-likeness (QED) is 0.787. The third-order valence-electron chi connectivity index (χ3n) is 5.73. The molecule has 1 aromatic carbocycles. The molecule has 3 unspecified atom stereocenters.